The first-order valence-electron chi connectivity index (χ1n) is 12.3. The minimum Gasteiger partial charge on any atom is -0.507 e. The number of aromatic hydroxyl groups is 2. The lowest BCUT2D eigenvalue weighted by Crippen LogP contribution is -2.17. The molecule has 0 saturated carbocycles. The fourth-order valence-corrected chi connectivity index (χ4v) is 3.72. The van der Waals surface area contributed by atoms with Crippen LogP contribution in [0.5, 0.6) is 17.2 Å². The number of benzene rings is 2. The Labute approximate surface area is 215 Å². The van der Waals surface area contributed by atoms with Gasteiger partial charge in [0.15, 0.2) is 17.3 Å². The van der Waals surface area contributed by atoms with E-state index in [0.717, 1.165) is 16.7 Å². The minimum atomic E-state index is -0.640. The maximum absolute atomic E-state index is 13.1. The third-order valence-corrected chi connectivity index (χ3v) is 5.49. The summed E-state index contributed by atoms with van der Waals surface area (Å²) in [5.41, 5.74) is 1.77. The lowest BCUT2D eigenvalue weighted by Gasteiger charge is -2.27. The van der Waals surface area contributed by atoms with Crippen LogP contribution >= 0.6 is 0 Å². The second-order valence-corrected chi connectivity index (χ2v) is 11.6. The van der Waals surface area contributed by atoms with E-state index in [0.29, 0.717) is 0 Å². The van der Waals surface area contributed by atoms with Gasteiger partial charge in [0.1, 0.15) is 11.3 Å². The van der Waals surface area contributed by atoms with Gasteiger partial charge in [0.25, 0.3) is 0 Å². The van der Waals surface area contributed by atoms with Crippen LogP contribution in [0.2, 0.25) is 0 Å². The summed E-state index contributed by atoms with van der Waals surface area (Å²) in [5, 5.41) is 21.8. The van der Waals surface area contributed by atoms with Gasteiger partial charge in [-0.25, -0.2) is 4.79 Å². The highest BCUT2D eigenvalue weighted by molar-refractivity contribution is 6.10. The monoisotopic (exact) mass is 496 g/mol. The summed E-state index contributed by atoms with van der Waals surface area (Å²) >= 11 is 0. The van der Waals surface area contributed by atoms with Crippen LogP contribution in [0.15, 0.2) is 30.3 Å². The molecule has 0 radical (unpaired) electrons. The molecule has 0 amide bonds. The molecule has 6 heteroatoms. The second kappa shape index (κ2) is 10.8. The number of esters is 1. The first-order chi connectivity index (χ1) is 16.4. The van der Waals surface area contributed by atoms with Crippen LogP contribution in [0.25, 0.3) is 6.08 Å². The number of hydrogen-bond acceptors (Lipinski definition) is 6. The molecule has 0 saturated heterocycles. The number of carbonyl (C=O) groups excluding carboxylic acids is 2. The summed E-state index contributed by atoms with van der Waals surface area (Å²) in [6.07, 6.45) is 2.34. The van der Waals surface area contributed by atoms with E-state index in [2.05, 4.69) is 0 Å². The minimum absolute atomic E-state index is 0.00821. The molecule has 0 spiro atoms. The molecule has 36 heavy (non-hydrogen) atoms. The Balaban J connectivity index is 2.54. The molecule has 0 bridgehead atoms. The third kappa shape index (κ3) is 6.90. The number of hydrogen-bond donors (Lipinski definition) is 2. The van der Waals surface area contributed by atoms with Crippen LogP contribution in [0.4, 0.5) is 0 Å². The van der Waals surface area contributed by atoms with Crippen molar-refractivity contribution in [2.75, 3.05) is 0 Å². The molecule has 2 rings (SSSR count). The van der Waals surface area contributed by atoms with E-state index < -0.39 is 17.5 Å². The van der Waals surface area contributed by atoms with Gasteiger partial charge >= 0.3 is 5.97 Å². The average Bonchev–Trinajstić information content (AvgIpc) is 2.71. The van der Waals surface area contributed by atoms with Crippen LogP contribution in [0, 0.1) is 0 Å². The van der Waals surface area contributed by atoms with Gasteiger partial charge in [-0.3, -0.25) is 4.79 Å². The van der Waals surface area contributed by atoms with Crippen LogP contribution in [-0.4, -0.2) is 34.2 Å². The fourth-order valence-electron chi connectivity index (χ4n) is 3.72. The zero-order valence-electron chi connectivity index (χ0n) is 23.1. The normalized spacial score (nSPS) is 12.4. The van der Waals surface area contributed by atoms with Crippen molar-refractivity contribution in [2.45, 2.75) is 92.3 Å². The summed E-state index contributed by atoms with van der Waals surface area (Å²) in [5.74, 6) is -1.32. The average molecular weight is 497 g/mol. The van der Waals surface area contributed by atoms with Crippen molar-refractivity contribution in [3.05, 3.63) is 58.2 Å². The molecule has 196 valence electrons. The Bertz CT molecular complexity index is 1120. The molecular formula is C30H40O6. The highest BCUT2D eigenvalue weighted by atomic mass is 16.5. The van der Waals surface area contributed by atoms with Crippen molar-refractivity contribution >= 4 is 17.8 Å². The van der Waals surface area contributed by atoms with Crippen LogP contribution < -0.4 is 4.74 Å². The number of rotatable bonds is 7. The highest BCUT2D eigenvalue weighted by Crippen LogP contribution is 2.40. The highest BCUT2D eigenvalue weighted by Gasteiger charge is 2.27. The lowest BCUT2D eigenvalue weighted by molar-refractivity contribution is 0.0370. The summed E-state index contributed by atoms with van der Waals surface area (Å²) in [6.45, 7) is 19.1. The summed E-state index contributed by atoms with van der Waals surface area (Å²) in [6, 6.07) is 6.56. The van der Waals surface area contributed by atoms with Gasteiger partial charge in [0.2, 0.25) is 0 Å². The predicted octanol–water partition coefficient (Wildman–Crippen LogP) is 6.94. The Morgan fingerprint density at radius 1 is 0.806 bits per heavy atom. The molecular weight excluding hydrogens is 456 g/mol. The smallest absolute Gasteiger partial charge is 0.342 e. The van der Waals surface area contributed by atoms with Gasteiger partial charge in [0, 0.05) is 11.1 Å². The van der Waals surface area contributed by atoms with Gasteiger partial charge in [0.05, 0.1) is 17.8 Å². The first-order valence-corrected chi connectivity index (χ1v) is 12.3. The van der Waals surface area contributed by atoms with E-state index in [1.165, 1.54) is 18.2 Å². The fraction of sp³-hybridized carbons (Fsp3) is 0.467. The van der Waals surface area contributed by atoms with Gasteiger partial charge in [-0.2, -0.15) is 0 Å². The van der Waals surface area contributed by atoms with Crippen molar-refractivity contribution in [1.29, 1.82) is 0 Å². The molecule has 0 heterocycles. The molecule has 6 nitrogen and oxygen atoms in total. The molecule has 0 aliphatic rings. The van der Waals surface area contributed by atoms with E-state index in [4.69, 9.17) is 9.47 Å². The zero-order chi connectivity index (χ0) is 27.6. The Morgan fingerprint density at radius 2 is 1.31 bits per heavy atom. The number of ether oxygens (including phenoxy) is 2. The molecule has 0 fully saturated rings. The topological polar surface area (TPSA) is 93.1 Å². The molecule has 0 unspecified atom stereocenters. The summed E-state index contributed by atoms with van der Waals surface area (Å²) in [7, 11) is 0. The number of phenols is 2. The van der Waals surface area contributed by atoms with E-state index in [1.54, 1.807) is 33.8 Å². The lowest BCUT2D eigenvalue weighted by atomic mass is 9.78. The molecule has 2 aromatic rings. The van der Waals surface area contributed by atoms with E-state index in [-0.39, 0.29) is 45.7 Å². The summed E-state index contributed by atoms with van der Waals surface area (Å²) < 4.78 is 11.0. The molecule has 0 aliphatic carbocycles. The number of ketones is 1. The van der Waals surface area contributed by atoms with Crippen molar-refractivity contribution in [2.24, 2.45) is 0 Å². The zero-order valence-corrected chi connectivity index (χ0v) is 23.1. The van der Waals surface area contributed by atoms with Crippen molar-refractivity contribution in [3.8, 4) is 17.2 Å². The Hall–Kier alpha value is -3.28. The molecule has 0 atom stereocenters. The van der Waals surface area contributed by atoms with E-state index >= 15 is 0 Å². The maximum Gasteiger partial charge on any atom is 0.342 e. The van der Waals surface area contributed by atoms with Crippen LogP contribution in [0.3, 0.4) is 0 Å². The Kier molecular flexibility index (Phi) is 8.66. The van der Waals surface area contributed by atoms with Crippen molar-refractivity contribution in [3.63, 3.8) is 0 Å². The standard InChI is InChI=1S/C30H40O6/c1-17(2)35-27-21(28(34)36-18(3)4)13-12-20(25(27)32)24(31)14-11-19-15-22(29(5,6)7)26(33)23(16-19)30(8,9)10/h11-18,32-33H,1-10H3/b14-11+. The quantitative estimate of drug-likeness (QED) is 0.245. The van der Waals surface area contributed by atoms with E-state index in [1.807, 2.05) is 53.7 Å². The number of allylic oxidation sites excluding steroid dienone is 1. The van der Waals surface area contributed by atoms with Gasteiger partial charge in [-0.05, 0) is 74.4 Å². The number of phenolic OH excluding ortho intramolecular Hbond substituents is 2. The number of carbonyl (C=O) groups is 2. The van der Waals surface area contributed by atoms with E-state index in [9.17, 15) is 19.8 Å². The van der Waals surface area contributed by atoms with Crippen molar-refractivity contribution in [1.82, 2.24) is 0 Å². The second-order valence-electron chi connectivity index (χ2n) is 11.6. The predicted molar refractivity (Wildman–Crippen MR) is 143 cm³/mol. The third-order valence-electron chi connectivity index (χ3n) is 5.49. The van der Waals surface area contributed by atoms with Crippen molar-refractivity contribution < 1.29 is 29.3 Å². The molecule has 2 N–H and O–H groups in total. The molecule has 2 aromatic carbocycles. The summed E-state index contributed by atoms with van der Waals surface area (Å²) in [4.78, 5) is 25.6. The Morgan fingerprint density at radius 3 is 1.75 bits per heavy atom. The SMILES string of the molecule is CC(C)OC(=O)c1ccc(C(=O)/C=C/c2cc(C(C)(C)C)c(O)c(C(C)(C)C)c2)c(O)c1OC(C)C. The van der Waals surface area contributed by atoms with Gasteiger partial charge in [-0.1, -0.05) is 47.6 Å². The molecule has 0 aromatic heterocycles. The van der Waals surface area contributed by atoms with Gasteiger partial charge < -0.3 is 19.7 Å². The largest absolute Gasteiger partial charge is 0.507 e. The van der Waals surface area contributed by atoms with Gasteiger partial charge in [-0.15, -0.1) is 0 Å². The molecule has 0 aliphatic heterocycles. The van der Waals surface area contributed by atoms with Crippen LogP contribution in [0.1, 0.15) is 107 Å². The van der Waals surface area contributed by atoms with Crippen LogP contribution in [-0.2, 0) is 15.6 Å². The first kappa shape index (κ1) is 29.0. The maximum atomic E-state index is 13.1.